The molecule has 1 heterocycles. The molecule has 0 spiro atoms. The van der Waals surface area contributed by atoms with Gasteiger partial charge >= 0.3 is 0 Å². The van der Waals surface area contributed by atoms with E-state index < -0.39 is 0 Å². The van der Waals surface area contributed by atoms with E-state index in [1.807, 2.05) is 24.3 Å². The van der Waals surface area contributed by atoms with Gasteiger partial charge in [0.15, 0.2) is 0 Å². The third-order valence-electron chi connectivity index (χ3n) is 3.79. The highest BCUT2D eigenvalue weighted by Crippen LogP contribution is 2.11. The number of ether oxygens (including phenoxy) is 1. The predicted octanol–water partition coefficient (Wildman–Crippen LogP) is 2.41. The zero-order valence-corrected chi connectivity index (χ0v) is 12.9. The van der Waals surface area contributed by atoms with Gasteiger partial charge in [0.2, 0.25) is 5.91 Å². The SMILES string of the molecule is Cc1ccc(OCCCCNC(=O)C2CCCCN2)cc1. The summed E-state index contributed by atoms with van der Waals surface area (Å²) >= 11 is 0. The number of hydrogen-bond acceptors (Lipinski definition) is 3. The Kier molecular flexibility index (Phi) is 6.54. The summed E-state index contributed by atoms with van der Waals surface area (Å²) in [5, 5.41) is 6.26. The molecule has 0 radical (unpaired) electrons. The normalized spacial score (nSPS) is 18.2. The van der Waals surface area contributed by atoms with Crippen LogP contribution in [-0.2, 0) is 4.79 Å². The number of benzene rings is 1. The van der Waals surface area contributed by atoms with Crippen LogP contribution in [0.4, 0.5) is 0 Å². The van der Waals surface area contributed by atoms with E-state index in [1.165, 1.54) is 12.0 Å². The number of carbonyl (C=O) groups excluding carboxylic acids is 1. The first-order valence-electron chi connectivity index (χ1n) is 7.96. The van der Waals surface area contributed by atoms with Crippen molar-refractivity contribution in [3.63, 3.8) is 0 Å². The minimum atomic E-state index is 0.0163. The van der Waals surface area contributed by atoms with Crippen LogP contribution in [0.15, 0.2) is 24.3 Å². The van der Waals surface area contributed by atoms with Gasteiger partial charge in [-0.3, -0.25) is 4.79 Å². The van der Waals surface area contributed by atoms with Crippen molar-refractivity contribution in [2.75, 3.05) is 19.7 Å². The van der Waals surface area contributed by atoms with Crippen molar-refractivity contribution in [2.45, 2.75) is 45.1 Å². The minimum absolute atomic E-state index is 0.0163. The third-order valence-corrected chi connectivity index (χ3v) is 3.79. The van der Waals surface area contributed by atoms with Crippen molar-refractivity contribution in [2.24, 2.45) is 0 Å². The molecule has 0 saturated carbocycles. The van der Waals surface area contributed by atoms with Crippen LogP contribution in [0.3, 0.4) is 0 Å². The summed E-state index contributed by atoms with van der Waals surface area (Å²) < 4.78 is 5.66. The van der Waals surface area contributed by atoms with Gasteiger partial charge in [0, 0.05) is 6.54 Å². The molecule has 1 aliphatic heterocycles. The molecule has 1 amide bonds. The molecule has 4 nitrogen and oxygen atoms in total. The van der Waals surface area contributed by atoms with Crippen LogP contribution in [0.1, 0.15) is 37.7 Å². The Morgan fingerprint density at radius 2 is 2.10 bits per heavy atom. The molecule has 4 heteroatoms. The maximum absolute atomic E-state index is 11.9. The summed E-state index contributed by atoms with van der Waals surface area (Å²) in [4.78, 5) is 11.9. The number of nitrogens with one attached hydrogen (secondary N) is 2. The molecule has 1 unspecified atom stereocenters. The van der Waals surface area contributed by atoms with Crippen LogP contribution in [0.25, 0.3) is 0 Å². The standard InChI is InChI=1S/C17H26N2O2/c1-14-7-9-15(10-8-14)21-13-5-4-12-19-17(20)16-6-2-3-11-18-16/h7-10,16,18H,2-6,11-13H2,1H3,(H,19,20). The molecule has 0 aromatic heterocycles. The average molecular weight is 290 g/mol. The Labute approximate surface area is 127 Å². The zero-order valence-electron chi connectivity index (χ0n) is 12.9. The Morgan fingerprint density at radius 3 is 2.81 bits per heavy atom. The number of carbonyl (C=O) groups is 1. The van der Waals surface area contributed by atoms with Crippen LogP contribution >= 0.6 is 0 Å². The van der Waals surface area contributed by atoms with Gasteiger partial charge in [0.1, 0.15) is 5.75 Å². The predicted molar refractivity (Wildman–Crippen MR) is 84.6 cm³/mol. The molecule has 1 atom stereocenters. The maximum Gasteiger partial charge on any atom is 0.237 e. The van der Waals surface area contributed by atoms with Gasteiger partial charge in [-0.2, -0.15) is 0 Å². The molecule has 0 bridgehead atoms. The van der Waals surface area contributed by atoms with Crippen LogP contribution < -0.4 is 15.4 Å². The lowest BCUT2D eigenvalue weighted by atomic mass is 10.0. The minimum Gasteiger partial charge on any atom is -0.494 e. The van der Waals surface area contributed by atoms with E-state index >= 15 is 0 Å². The molecular formula is C17H26N2O2. The first-order valence-corrected chi connectivity index (χ1v) is 7.96. The number of piperidine rings is 1. The van der Waals surface area contributed by atoms with E-state index in [-0.39, 0.29) is 11.9 Å². The van der Waals surface area contributed by atoms with Crippen molar-refractivity contribution in [1.82, 2.24) is 10.6 Å². The van der Waals surface area contributed by atoms with Crippen molar-refractivity contribution in [1.29, 1.82) is 0 Å². The van der Waals surface area contributed by atoms with E-state index in [0.29, 0.717) is 6.61 Å². The summed E-state index contributed by atoms with van der Waals surface area (Å²) in [5.74, 6) is 1.06. The van der Waals surface area contributed by atoms with Gasteiger partial charge in [-0.15, -0.1) is 0 Å². The Bertz CT molecular complexity index is 425. The average Bonchev–Trinajstić information content (AvgIpc) is 2.53. The van der Waals surface area contributed by atoms with Gasteiger partial charge in [-0.25, -0.2) is 0 Å². The van der Waals surface area contributed by atoms with E-state index in [4.69, 9.17) is 4.74 Å². The second kappa shape index (κ2) is 8.67. The fourth-order valence-corrected chi connectivity index (χ4v) is 2.46. The quantitative estimate of drug-likeness (QED) is 0.758. The van der Waals surface area contributed by atoms with Crippen LogP contribution in [0.5, 0.6) is 5.75 Å². The van der Waals surface area contributed by atoms with E-state index in [1.54, 1.807) is 0 Å². The van der Waals surface area contributed by atoms with Crippen molar-refractivity contribution >= 4 is 5.91 Å². The third kappa shape index (κ3) is 5.76. The lowest BCUT2D eigenvalue weighted by Crippen LogP contribution is -2.46. The first-order chi connectivity index (χ1) is 10.3. The molecule has 1 fully saturated rings. The van der Waals surface area contributed by atoms with Crippen LogP contribution in [0, 0.1) is 6.92 Å². The number of hydrogen-bond donors (Lipinski definition) is 2. The molecule has 1 aromatic carbocycles. The fourth-order valence-electron chi connectivity index (χ4n) is 2.46. The number of aryl methyl sites for hydroxylation is 1. The van der Waals surface area contributed by atoms with E-state index in [0.717, 1.165) is 44.5 Å². The summed E-state index contributed by atoms with van der Waals surface area (Å²) in [6.45, 7) is 4.45. The highest BCUT2D eigenvalue weighted by molar-refractivity contribution is 5.81. The fraction of sp³-hybridized carbons (Fsp3) is 0.588. The smallest absolute Gasteiger partial charge is 0.237 e. The van der Waals surface area contributed by atoms with Crippen molar-refractivity contribution < 1.29 is 9.53 Å². The highest BCUT2D eigenvalue weighted by Gasteiger charge is 2.19. The summed E-state index contributed by atoms with van der Waals surface area (Å²) in [7, 11) is 0. The highest BCUT2D eigenvalue weighted by atomic mass is 16.5. The first kappa shape index (κ1) is 15.8. The largest absolute Gasteiger partial charge is 0.494 e. The van der Waals surface area contributed by atoms with Crippen molar-refractivity contribution in [3.05, 3.63) is 29.8 Å². The topological polar surface area (TPSA) is 50.4 Å². The lowest BCUT2D eigenvalue weighted by Gasteiger charge is -2.22. The molecule has 1 aromatic rings. The maximum atomic E-state index is 11.9. The van der Waals surface area contributed by atoms with Gasteiger partial charge in [0.25, 0.3) is 0 Å². The van der Waals surface area contributed by atoms with Crippen LogP contribution in [0.2, 0.25) is 0 Å². The molecule has 116 valence electrons. The van der Waals surface area contributed by atoms with Crippen molar-refractivity contribution in [3.8, 4) is 5.75 Å². The zero-order chi connectivity index (χ0) is 14.9. The molecule has 2 N–H and O–H groups in total. The van der Waals surface area contributed by atoms with Crippen LogP contribution in [-0.4, -0.2) is 31.6 Å². The Hall–Kier alpha value is -1.55. The second-order valence-corrected chi connectivity index (χ2v) is 5.66. The molecule has 21 heavy (non-hydrogen) atoms. The van der Waals surface area contributed by atoms with Gasteiger partial charge < -0.3 is 15.4 Å². The number of amides is 1. The summed E-state index contributed by atoms with van der Waals surface area (Å²) in [5.41, 5.74) is 1.24. The summed E-state index contributed by atoms with van der Waals surface area (Å²) in [6.07, 6.45) is 5.19. The second-order valence-electron chi connectivity index (χ2n) is 5.66. The van der Waals surface area contributed by atoms with E-state index in [2.05, 4.69) is 17.6 Å². The van der Waals surface area contributed by atoms with E-state index in [9.17, 15) is 4.79 Å². The molecule has 1 aliphatic rings. The number of unbranched alkanes of at least 4 members (excludes halogenated alkanes) is 1. The summed E-state index contributed by atoms with van der Waals surface area (Å²) in [6, 6.07) is 8.10. The Balaban J connectivity index is 1.51. The van der Waals surface area contributed by atoms with Gasteiger partial charge in [-0.1, -0.05) is 24.1 Å². The Morgan fingerprint density at radius 1 is 1.29 bits per heavy atom. The molecule has 0 aliphatic carbocycles. The van der Waals surface area contributed by atoms with Gasteiger partial charge in [0.05, 0.1) is 12.6 Å². The van der Waals surface area contributed by atoms with Gasteiger partial charge in [-0.05, 0) is 51.3 Å². The molecule has 2 rings (SSSR count). The monoisotopic (exact) mass is 290 g/mol. The number of rotatable bonds is 7. The molecular weight excluding hydrogens is 264 g/mol. The lowest BCUT2D eigenvalue weighted by molar-refractivity contribution is -0.123. The molecule has 1 saturated heterocycles.